The third-order valence-corrected chi connectivity index (χ3v) is 6.68. The predicted molar refractivity (Wildman–Crippen MR) is 124 cm³/mol. The van der Waals surface area contributed by atoms with Gasteiger partial charge in [0.15, 0.2) is 0 Å². The van der Waals surface area contributed by atoms with E-state index in [2.05, 4.69) is 24.1 Å². The minimum Gasteiger partial charge on any atom is -0.457 e. The molecule has 1 aliphatic rings. The third kappa shape index (κ3) is 8.17. The van der Waals surface area contributed by atoms with Crippen molar-refractivity contribution in [3.05, 3.63) is 33.8 Å². The van der Waals surface area contributed by atoms with Gasteiger partial charge in [0.25, 0.3) is 0 Å². The lowest BCUT2D eigenvalue weighted by Gasteiger charge is -2.21. The summed E-state index contributed by atoms with van der Waals surface area (Å²) in [6.07, 6.45) is 11.7. The van der Waals surface area contributed by atoms with Crippen LogP contribution in [0.15, 0.2) is 23.1 Å². The minimum absolute atomic E-state index is 0.0500. The van der Waals surface area contributed by atoms with E-state index in [4.69, 9.17) is 4.74 Å². The van der Waals surface area contributed by atoms with Crippen LogP contribution in [0.25, 0.3) is 6.08 Å². The summed E-state index contributed by atoms with van der Waals surface area (Å²) in [5.74, 6) is 0.521. The molecule has 2 rings (SSSR count). The van der Waals surface area contributed by atoms with E-state index in [1.807, 2.05) is 39.2 Å². The van der Waals surface area contributed by atoms with Crippen LogP contribution < -0.4 is 0 Å². The Morgan fingerprint density at radius 1 is 1.17 bits per heavy atom. The molecule has 30 heavy (non-hydrogen) atoms. The van der Waals surface area contributed by atoms with Gasteiger partial charge in [0.05, 0.1) is 10.7 Å². The van der Waals surface area contributed by atoms with Gasteiger partial charge in [-0.2, -0.15) is 0 Å². The van der Waals surface area contributed by atoms with E-state index in [-0.39, 0.29) is 36.1 Å². The second-order valence-corrected chi connectivity index (χ2v) is 9.94. The number of aromatic nitrogens is 1. The lowest BCUT2D eigenvalue weighted by Crippen LogP contribution is -2.24. The first-order chi connectivity index (χ1) is 14.3. The Hall–Kier alpha value is -1.75. The molecule has 166 valence electrons. The third-order valence-electron chi connectivity index (χ3n) is 5.89. The van der Waals surface area contributed by atoms with E-state index in [0.29, 0.717) is 18.8 Å². The van der Waals surface area contributed by atoms with Crippen LogP contribution in [-0.4, -0.2) is 22.8 Å². The number of hydrogen-bond acceptors (Lipinski definition) is 5. The molecule has 0 fully saturated rings. The normalized spacial score (nSPS) is 29.4. The molecule has 2 heterocycles. The summed E-state index contributed by atoms with van der Waals surface area (Å²) in [5, 5.41) is 3.04. The highest BCUT2D eigenvalue weighted by molar-refractivity contribution is 7.09. The monoisotopic (exact) mass is 431 g/mol. The van der Waals surface area contributed by atoms with Crippen LogP contribution in [0.5, 0.6) is 0 Å². The Bertz CT molecular complexity index is 764. The number of carbonyl (C=O) groups excluding carboxylic acids is 2. The van der Waals surface area contributed by atoms with E-state index < -0.39 is 0 Å². The Kier molecular flexibility index (Phi) is 9.96. The summed E-state index contributed by atoms with van der Waals surface area (Å²) in [6, 6.07) is 0. The number of Topliss-reactive ketones (excluding diaryl/α,β-unsaturated/α-hetero) is 1. The number of ether oxygens (including phenoxy) is 1. The Balaban J connectivity index is 2.12. The molecule has 1 aromatic rings. The number of rotatable bonds is 2. The highest BCUT2D eigenvalue weighted by Crippen LogP contribution is 2.24. The number of nitrogens with zero attached hydrogens (tertiary/aromatic N) is 1. The van der Waals surface area contributed by atoms with Crippen molar-refractivity contribution in [2.75, 3.05) is 0 Å². The molecule has 0 aromatic carbocycles. The molecular weight excluding hydrogens is 394 g/mol. The average Bonchev–Trinajstić information content (AvgIpc) is 3.10. The quantitative estimate of drug-likeness (QED) is 0.394. The number of aryl methyl sites for hydroxylation is 1. The van der Waals surface area contributed by atoms with Gasteiger partial charge in [-0.3, -0.25) is 9.59 Å². The fourth-order valence-corrected chi connectivity index (χ4v) is 4.61. The molecule has 0 saturated heterocycles. The van der Waals surface area contributed by atoms with Gasteiger partial charge in [0, 0.05) is 30.1 Å². The zero-order chi connectivity index (χ0) is 22.1. The molecule has 0 amide bonds. The first-order valence-electron chi connectivity index (χ1n) is 11.2. The number of hydrogen-bond donors (Lipinski definition) is 0. The number of allylic oxidation sites excluding steroid dienone is 1. The molecule has 0 radical (unpaired) electrons. The summed E-state index contributed by atoms with van der Waals surface area (Å²) in [4.78, 5) is 29.7. The van der Waals surface area contributed by atoms with E-state index >= 15 is 0 Å². The fourth-order valence-electron chi connectivity index (χ4n) is 4.04. The Morgan fingerprint density at radius 2 is 1.93 bits per heavy atom. The summed E-state index contributed by atoms with van der Waals surface area (Å²) in [7, 11) is 0. The van der Waals surface area contributed by atoms with Crippen LogP contribution in [0.1, 0.15) is 83.3 Å². The van der Waals surface area contributed by atoms with Crippen molar-refractivity contribution in [1.29, 1.82) is 0 Å². The van der Waals surface area contributed by atoms with Crippen LogP contribution in [0.3, 0.4) is 0 Å². The molecule has 3 unspecified atom stereocenters. The van der Waals surface area contributed by atoms with E-state index in [1.165, 1.54) is 0 Å². The zero-order valence-electron chi connectivity index (χ0n) is 19.1. The van der Waals surface area contributed by atoms with Crippen molar-refractivity contribution in [2.45, 2.75) is 85.7 Å². The smallest absolute Gasteiger partial charge is 0.306 e. The predicted octanol–water partition coefficient (Wildman–Crippen LogP) is 6.54. The highest BCUT2D eigenvalue weighted by Gasteiger charge is 2.23. The first kappa shape index (κ1) is 24.5. The fraction of sp³-hybridized carbons (Fsp3) is 0.640. The highest BCUT2D eigenvalue weighted by atomic mass is 32.1. The maximum absolute atomic E-state index is 12.7. The van der Waals surface area contributed by atoms with Gasteiger partial charge in [-0.1, -0.05) is 39.3 Å². The summed E-state index contributed by atoms with van der Waals surface area (Å²) < 4.78 is 5.83. The second-order valence-electron chi connectivity index (χ2n) is 8.88. The van der Waals surface area contributed by atoms with Crippen LogP contribution in [0.4, 0.5) is 0 Å². The van der Waals surface area contributed by atoms with Crippen LogP contribution in [-0.2, 0) is 14.3 Å². The summed E-state index contributed by atoms with van der Waals surface area (Å²) in [6.45, 7) is 10.2. The van der Waals surface area contributed by atoms with Crippen LogP contribution >= 0.6 is 11.3 Å². The molecule has 5 heteroatoms. The molecule has 1 aromatic heterocycles. The van der Waals surface area contributed by atoms with Crippen molar-refractivity contribution >= 4 is 29.2 Å². The molecule has 0 saturated carbocycles. The van der Waals surface area contributed by atoms with Crippen molar-refractivity contribution in [1.82, 2.24) is 4.98 Å². The summed E-state index contributed by atoms with van der Waals surface area (Å²) in [5.41, 5.74) is 1.90. The van der Waals surface area contributed by atoms with E-state index in [9.17, 15) is 9.59 Å². The zero-order valence-corrected chi connectivity index (χ0v) is 20.0. The largest absolute Gasteiger partial charge is 0.457 e. The molecule has 4 nitrogen and oxygen atoms in total. The SMILES string of the molecule is C/C(=C\c1csc(C)n1)C1C/C=C\CCC[C@H](C)CC(C)C(=O)C(C)CCC(=O)O1. The molecule has 0 N–H and O–H groups in total. The Labute approximate surface area is 185 Å². The average molecular weight is 432 g/mol. The van der Waals surface area contributed by atoms with Crippen molar-refractivity contribution in [3.63, 3.8) is 0 Å². The number of cyclic esters (lactones) is 1. The van der Waals surface area contributed by atoms with Gasteiger partial charge in [-0.25, -0.2) is 4.98 Å². The number of thiazole rings is 1. The van der Waals surface area contributed by atoms with Gasteiger partial charge >= 0.3 is 5.97 Å². The lowest BCUT2D eigenvalue weighted by atomic mass is 9.85. The summed E-state index contributed by atoms with van der Waals surface area (Å²) >= 11 is 1.61. The molecule has 4 atom stereocenters. The van der Waals surface area contributed by atoms with Gasteiger partial charge in [-0.15, -0.1) is 11.3 Å². The van der Waals surface area contributed by atoms with E-state index in [0.717, 1.165) is 42.0 Å². The van der Waals surface area contributed by atoms with Crippen molar-refractivity contribution < 1.29 is 14.3 Å². The van der Waals surface area contributed by atoms with Gasteiger partial charge in [0.2, 0.25) is 0 Å². The second kappa shape index (κ2) is 12.2. The van der Waals surface area contributed by atoms with E-state index in [1.54, 1.807) is 11.3 Å². The first-order valence-corrected chi connectivity index (χ1v) is 12.1. The Morgan fingerprint density at radius 3 is 2.63 bits per heavy atom. The number of carbonyl (C=O) groups is 2. The van der Waals surface area contributed by atoms with Gasteiger partial charge in [0.1, 0.15) is 11.9 Å². The maximum Gasteiger partial charge on any atom is 0.306 e. The lowest BCUT2D eigenvalue weighted by molar-refractivity contribution is -0.147. The van der Waals surface area contributed by atoms with Crippen LogP contribution in [0, 0.1) is 24.7 Å². The number of esters is 1. The topological polar surface area (TPSA) is 56.3 Å². The van der Waals surface area contributed by atoms with Gasteiger partial charge in [-0.05, 0) is 57.1 Å². The maximum atomic E-state index is 12.7. The van der Waals surface area contributed by atoms with Crippen LogP contribution in [0.2, 0.25) is 0 Å². The molecular formula is C25H37NO3S. The standard InChI is InChI=1S/C25H37NO3S/c1-17-10-8-6-7-9-11-23(19(3)15-22-16-30-21(5)26-22)29-24(27)13-12-18(2)25(28)20(4)14-17/h7,9,15-18,20,23H,6,8,10-14H2,1-5H3/b9-7-,19-15+/t17-,18?,20?,23?/m0/s1. The number of ketones is 1. The molecule has 0 spiro atoms. The molecule has 0 aliphatic carbocycles. The molecule has 0 bridgehead atoms. The van der Waals surface area contributed by atoms with Crippen molar-refractivity contribution in [3.8, 4) is 0 Å². The van der Waals surface area contributed by atoms with Gasteiger partial charge < -0.3 is 4.74 Å². The minimum atomic E-state index is -0.299. The van der Waals surface area contributed by atoms with Crippen molar-refractivity contribution in [2.24, 2.45) is 17.8 Å². The molecule has 1 aliphatic heterocycles.